The molecular formula is C19H22ClFN2O4S. The summed E-state index contributed by atoms with van der Waals surface area (Å²) in [4.78, 5) is 11.9. The van der Waals surface area contributed by atoms with E-state index in [9.17, 15) is 17.6 Å². The summed E-state index contributed by atoms with van der Waals surface area (Å²) in [6.45, 7) is 6.13. The number of hydrogen-bond acceptors (Lipinski definition) is 4. The van der Waals surface area contributed by atoms with E-state index in [-0.39, 0.29) is 21.5 Å². The molecule has 0 aliphatic heterocycles. The van der Waals surface area contributed by atoms with Crippen LogP contribution >= 0.6 is 11.6 Å². The zero-order valence-electron chi connectivity index (χ0n) is 15.7. The molecule has 0 heterocycles. The highest BCUT2D eigenvalue weighted by molar-refractivity contribution is 7.92. The van der Waals surface area contributed by atoms with Crippen LogP contribution in [-0.4, -0.2) is 27.0 Å². The Kier molecular flexibility index (Phi) is 7.26. The second-order valence-electron chi connectivity index (χ2n) is 6.60. The molecule has 0 aromatic heterocycles. The molecule has 0 aliphatic rings. The molecule has 6 nitrogen and oxygen atoms in total. The smallest absolute Gasteiger partial charge is 0.261 e. The van der Waals surface area contributed by atoms with Gasteiger partial charge in [-0.25, -0.2) is 12.8 Å². The fourth-order valence-corrected chi connectivity index (χ4v) is 3.41. The number of sulfonamides is 1. The molecule has 0 saturated heterocycles. The van der Waals surface area contributed by atoms with Crippen LogP contribution in [0.25, 0.3) is 0 Å². The first-order valence-electron chi connectivity index (χ1n) is 8.61. The number of ether oxygens (including phenoxy) is 1. The van der Waals surface area contributed by atoms with Gasteiger partial charge in [-0.3, -0.25) is 9.52 Å². The molecule has 28 heavy (non-hydrogen) atoms. The van der Waals surface area contributed by atoms with Crippen LogP contribution in [0.5, 0.6) is 5.75 Å². The van der Waals surface area contributed by atoms with Crippen molar-refractivity contribution in [2.75, 3.05) is 11.3 Å². The lowest BCUT2D eigenvalue weighted by atomic mass is 10.2. The molecule has 1 amide bonds. The quantitative estimate of drug-likeness (QED) is 0.669. The number of rotatable bonds is 8. The molecule has 2 aromatic carbocycles. The summed E-state index contributed by atoms with van der Waals surface area (Å²) in [5, 5.41) is 2.58. The van der Waals surface area contributed by atoms with Gasteiger partial charge in [0.25, 0.3) is 15.9 Å². The number of nitrogens with one attached hydrogen (secondary N) is 2. The van der Waals surface area contributed by atoms with Crippen LogP contribution in [0.1, 0.15) is 20.8 Å². The third-order valence-corrected chi connectivity index (χ3v) is 5.36. The number of halogens is 2. The van der Waals surface area contributed by atoms with Crippen molar-refractivity contribution < 1.29 is 22.3 Å². The third kappa shape index (κ3) is 6.10. The van der Waals surface area contributed by atoms with Crippen molar-refractivity contribution in [3.63, 3.8) is 0 Å². The van der Waals surface area contributed by atoms with Crippen molar-refractivity contribution in [1.29, 1.82) is 0 Å². The monoisotopic (exact) mass is 428 g/mol. The van der Waals surface area contributed by atoms with Gasteiger partial charge >= 0.3 is 0 Å². The van der Waals surface area contributed by atoms with Crippen molar-refractivity contribution >= 4 is 33.2 Å². The first-order chi connectivity index (χ1) is 13.1. The molecule has 152 valence electrons. The second-order valence-corrected chi connectivity index (χ2v) is 8.69. The van der Waals surface area contributed by atoms with E-state index in [0.717, 1.165) is 6.07 Å². The predicted octanol–water partition coefficient (Wildman–Crippen LogP) is 3.82. The van der Waals surface area contributed by atoms with E-state index in [1.165, 1.54) is 36.4 Å². The molecule has 0 radical (unpaired) electrons. The third-order valence-electron chi connectivity index (χ3n) is 3.67. The normalized spacial score (nSPS) is 12.5. The van der Waals surface area contributed by atoms with Crippen molar-refractivity contribution in [3.8, 4) is 5.75 Å². The van der Waals surface area contributed by atoms with Crippen molar-refractivity contribution in [2.24, 2.45) is 5.92 Å². The highest BCUT2D eigenvalue weighted by atomic mass is 35.5. The van der Waals surface area contributed by atoms with Gasteiger partial charge in [0.2, 0.25) is 0 Å². The first-order valence-corrected chi connectivity index (χ1v) is 10.5. The highest BCUT2D eigenvalue weighted by Crippen LogP contribution is 2.23. The van der Waals surface area contributed by atoms with Gasteiger partial charge < -0.3 is 10.1 Å². The molecular weight excluding hydrogens is 407 g/mol. The summed E-state index contributed by atoms with van der Waals surface area (Å²) in [6.07, 6.45) is -0.722. The van der Waals surface area contributed by atoms with Crippen LogP contribution in [0.3, 0.4) is 0 Å². The number of amides is 1. The first kappa shape index (κ1) is 22.0. The molecule has 2 N–H and O–H groups in total. The van der Waals surface area contributed by atoms with Gasteiger partial charge in [-0.1, -0.05) is 25.4 Å². The molecule has 0 fully saturated rings. The predicted molar refractivity (Wildman–Crippen MR) is 107 cm³/mol. The number of anilines is 1. The zero-order chi connectivity index (χ0) is 20.9. The standard InChI is InChI=1S/C19H22ClFN2O4S/c1-12(2)11-22-19(24)13(3)27-15-5-7-16(8-6-15)28(25,26)23-14-4-9-18(21)17(20)10-14/h4-10,12-13,23H,11H2,1-3H3,(H,22,24)/t13-/m0/s1. The molecule has 9 heteroatoms. The maximum atomic E-state index is 13.2. The zero-order valence-corrected chi connectivity index (χ0v) is 17.3. The minimum absolute atomic E-state index is 0.0165. The molecule has 2 rings (SSSR count). The van der Waals surface area contributed by atoms with Gasteiger partial charge in [0.05, 0.1) is 15.6 Å². The van der Waals surface area contributed by atoms with Crippen LogP contribution in [0.15, 0.2) is 47.4 Å². The molecule has 0 bridgehead atoms. The number of carbonyl (C=O) groups is 1. The van der Waals surface area contributed by atoms with Crippen molar-refractivity contribution in [2.45, 2.75) is 31.8 Å². The lowest BCUT2D eigenvalue weighted by Crippen LogP contribution is -2.38. The molecule has 2 aromatic rings. The molecule has 0 spiro atoms. The maximum Gasteiger partial charge on any atom is 0.261 e. The fourth-order valence-electron chi connectivity index (χ4n) is 2.18. The Bertz CT molecular complexity index is 933. The number of benzene rings is 2. The van der Waals surface area contributed by atoms with Gasteiger partial charge in [0.15, 0.2) is 6.10 Å². The summed E-state index contributed by atoms with van der Waals surface area (Å²) in [7, 11) is -3.89. The van der Waals surface area contributed by atoms with Gasteiger partial charge in [0, 0.05) is 6.54 Å². The van der Waals surface area contributed by atoms with E-state index >= 15 is 0 Å². The number of hydrogen-bond donors (Lipinski definition) is 2. The van der Waals surface area contributed by atoms with Gasteiger partial charge in [-0.2, -0.15) is 0 Å². The van der Waals surface area contributed by atoms with Crippen LogP contribution in [0.4, 0.5) is 10.1 Å². The lowest BCUT2D eigenvalue weighted by Gasteiger charge is -2.16. The minimum Gasteiger partial charge on any atom is -0.481 e. The van der Waals surface area contributed by atoms with E-state index in [0.29, 0.717) is 18.2 Å². The topological polar surface area (TPSA) is 84.5 Å². The Morgan fingerprint density at radius 1 is 1.14 bits per heavy atom. The SMILES string of the molecule is CC(C)CNC(=O)[C@H](C)Oc1ccc(S(=O)(=O)Nc2ccc(F)c(Cl)c2)cc1. The summed E-state index contributed by atoms with van der Waals surface area (Å²) >= 11 is 5.66. The molecule has 0 saturated carbocycles. The summed E-state index contributed by atoms with van der Waals surface area (Å²) in [5.41, 5.74) is 0.141. The van der Waals surface area contributed by atoms with Crippen LogP contribution in [0, 0.1) is 11.7 Å². The largest absolute Gasteiger partial charge is 0.481 e. The summed E-state index contributed by atoms with van der Waals surface area (Å²) < 4.78 is 45.9. The highest BCUT2D eigenvalue weighted by Gasteiger charge is 2.17. The van der Waals surface area contributed by atoms with Crippen LogP contribution in [0.2, 0.25) is 5.02 Å². The van der Waals surface area contributed by atoms with Gasteiger partial charge in [0.1, 0.15) is 11.6 Å². The van der Waals surface area contributed by atoms with E-state index in [4.69, 9.17) is 16.3 Å². The average Bonchev–Trinajstić information content (AvgIpc) is 2.63. The molecule has 1 atom stereocenters. The summed E-state index contributed by atoms with van der Waals surface area (Å²) in [6, 6.07) is 9.14. The second kappa shape index (κ2) is 9.25. The van der Waals surface area contributed by atoms with E-state index in [2.05, 4.69) is 10.0 Å². The Labute approximate surface area is 169 Å². The molecule has 0 unspecified atom stereocenters. The average molecular weight is 429 g/mol. The Morgan fingerprint density at radius 2 is 1.79 bits per heavy atom. The number of carbonyl (C=O) groups excluding carboxylic acids is 1. The van der Waals surface area contributed by atoms with Crippen molar-refractivity contribution in [1.82, 2.24) is 5.32 Å². The molecule has 0 aliphatic carbocycles. The Hall–Kier alpha value is -2.32. The van der Waals surface area contributed by atoms with E-state index in [1.807, 2.05) is 13.8 Å². The van der Waals surface area contributed by atoms with Crippen LogP contribution < -0.4 is 14.8 Å². The van der Waals surface area contributed by atoms with E-state index in [1.54, 1.807) is 6.92 Å². The van der Waals surface area contributed by atoms with Gasteiger partial charge in [-0.15, -0.1) is 0 Å². The lowest BCUT2D eigenvalue weighted by molar-refractivity contribution is -0.127. The van der Waals surface area contributed by atoms with Crippen molar-refractivity contribution in [3.05, 3.63) is 53.3 Å². The van der Waals surface area contributed by atoms with Gasteiger partial charge in [-0.05, 0) is 55.3 Å². The summed E-state index contributed by atoms with van der Waals surface area (Å²) in [5.74, 6) is -0.210. The van der Waals surface area contributed by atoms with Crippen LogP contribution in [-0.2, 0) is 14.8 Å². The Morgan fingerprint density at radius 3 is 2.36 bits per heavy atom. The minimum atomic E-state index is -3.89. The fraction of sp³-hybridized carbons (Fsp3) is 0.316. The maximum absolute atomic E-state index is 13.2. The van der Waals surface area contributed by atoms with E-state index < -0.39 is 21.9 Å². The Balaban J connectivity index is 2.04.